The minimum absolute atomic E-state index is 0.0509. The molecule has 4 aliphatic carbocycles. The summed E-state index contributed by atoms with van der Waals surface area (Å²) in [6, 6.07) is 8.08. The number of hydrogen-bond donors (Lipinski definition) is 1. The highest BCUT2D eigenvalue weighted by atomic mass is 79.9. The molecule has 1 aromatic carbocycles. The molecule has 1 aromatic heterocycles. The van der Waals surface area contributed by atoms with Crippen LogP contribution in [0.3, 0.4) is 0 Å². The van der Waals surface area contributed by atoms with E-state index in [1.807, 2.05) is 29.6 Å². The van der Waals surface area contributed by atoms with E-state index in [0.717, 1.165) is 33.5 Å². The fourth-order valence-corrected chi connectivity index (χ4v) is 7.16. The maximum atomic E-state index is 12.7. The van der Waals surface area contributed by atoms with Gasteiger partial charge in [-0.15, -0.1) is 11.3 Å². The Hall–Kier alpha value is -1.24. The molecule has 1 N–H and O–H groups in total. The Kier molecular flexibility index (Phi) is 4.84. The van der Waals surface area contributed by atoms with Gasteiger partial charge in [-0.25, -0.2) is 4.98 Å². The molecule has 0 radical (unpaired) electrons. The Morgan fingerprint density at radius 3 is 2.39 bits per heavy atom. The number of amides is 1. The number of nitrogens with one attached hydrogen (secondary N) is 1. The van der Waals surface area contributed by atoms with Crippen LogP contribution in [0.15, 0.2) is 34.1 Å². The van der Waals surface area contributed by atoms with E-state index in [2.05, 4.69) is 38.2 Å². The summed E-state index contributed by atoms with van der Waals surface area (Å²) in [6.45, 7) is 0.458. The number of halogens is 1. The van der Waals surface area contributed by atoms with Crippen molar-refractivity contribution in [3.05, 3.63) is 34.1 Å². The predicted molar refractivity (Wildman–Crippen MR) is 117 cm³/mol. The highest BCUT2D eigenvalue weighted by molar-refractivity contribution is 9.10. The number of carbonyl (C=O) groups is 1. The van der Waals surface area contributed by atoms with Crippen LogP contribution in [0.25, 0.3) is 11.3 Å². The Morgan fingerprint density at radius 2 is 1.79 bits per heavy atom. The van der Waals surface area contributed by atoms with E-state index in [9.17, 15) is 4.79 Å². The van der Waals surface area contributed by atoms with Crippen LogP contribution in [-0.2, 0) is 4.79 Å². The van der Waals surface area contributed by atoms with E-state index in [-0.39, 0.29) is 11.4 Å². The van der Waals surface area contributed by atoms with Crippen molar-refractivity contribution in [1.29, 1.82) is 0 Å². The third kappa shape index (κ3) is 3.55. The van der Waals surface area contributed by atoms with Gasteiger partial charge in [0.05, 0.1) is 12.2 Å². The molecule has 28 heavy (non-hydrogen) atoms. The van der Waals surface area contributed by atoms with E-state index in [1.54, 1.807) is 0 Å². The maximum Gasteiger partial charge on any atom is 0.240 e. The molecule has 4 bridgehead atoms. The number of carbonyl (C=O) groups excluding carboxylic acids is 1. The standard InChI is InChI=1S/C22H26BrN3OS/c1-26(22-9-14-6-15(10-22)8-16(7-14)11-22)12-20(27)25-21-24-19(13-28-21)17-2-4-18(23)5-3-17/h2-5,13-16H,6-12H2,1H3,(H,24,25,27). The Morgan fingerprint density at radius 1 is 1.18 bits per heavy atom. The van der Waals surface area contributed by atoms with Crippen LogP contribution in [0.5, 0.6) is 0 Å². The van der Waals surface area contributed by atoms with Crippen molar-refractivity contribution >= 4 is 38.3 Å². The Labute approximate surface area is 178 Å². The molecule has 4 aliphatic rings. The van der Waals surface area contributed by atoms with Crippen molar-refractivity contribution in [3.8, 4) is 11.3 Å². The van der Waals surface area contributed by atoms with Gasteiger partial charge in [0.15, 0.2) is 5.13 Å². The molecule has 4 saturated carbocycles. The van der Waals surface area contributed by atoms with Crippen LogP contribution in [0.4, 0.5) is 5.13 Å². The molecule has 0 spiro atoms. The van der Waals surface area contributed by atoms with Crippen molar-refractivity contribution in [2.24, 2.45) is 17.8 Å². The van der Waals surface area contributed by atoms with Gasteiger partial charge < -0.3 is 5.32 Å². The number of rotatable bonds is 5. The van der Waals surface area contributed by atoms with E-state index in [1.165, 1.54) is 49.9 Å². The predicted octanol–water partition coefficient (Wildman–Crippen LogP) is 5.41. The summed E-state index contributed by atoms with van der Waals surface area (Å²) >= 11 is 4.95. The zero-order valence-corrected chi connectivity index (χ0v) is 18.6. The normalized spacial score (nSPS) is 30.8. The van der Waals surface area contributed by atoms with Gasteiger partial charge in [-0.3, -0.25) is 9.69 Å². The molecule has 0 unspecified atom stereocenters. The summed E-state index contributed by atoms with van der Waals surface area (Å²) in [5, 5.41) is 5.71. The van der Waals surface area contributed by atoms with Gasteiger partial charge in [-0.2, -0.15) is 0 Å². The van der Waals surface area contributed by atoms with Crippen LogP contribution < -0.4 is 5.32 Å². The molecule has 1 heterocycles. The largest absolute Gasteiger partial charge is 0.301 e. The van der Waals surface area contributed by atoms with Crippen LogP contribution in [0, 0.1) is 17.8 Å². The third-order valence-corrected chi connectivity index (χ3v) is 8.37. The maximum absolute atomic E-state index is 12.7. The number of nitrogens with zero attached hydrogens (tertiary/aromatic N) is 2. The minimum atomic E-state index is 0.0509. The van der Waals surface area contributed by atoms with Crippen LogP contribution >= 0.6 is 27.3 Å². The lowest BCUT2D eigenvalue weighted by Crippen LogP contribution is -2.59. The zero-order chi connectivity index (χ0) is 19.3. The topological polar surface area (TPSA) is 45.2 Å². The molecule has 1 amide bonds. The van der Waals surface area contributed by atoms with Crippen LogP contribution in [0.1, 0.15) is 38.5 Å². The SMILES string of the molecule is CN(CC(=O)Nc1nc(-c2ccc(Br)cc2)cs1)C12CC3CC(CC(C3)C1)C2. The van der Waals surface area contributed by atoms with Crippen molar-refractivity contribution in [2.75, 3.05) is 18.9 Å². The van der Waals surface area contributed by atoms with Crippen molar-refractivity contribution < 1.29 is 4.79 Å². The smallest absolute Gasteiger partial charge is 0.240 e. The van der Waals surface area contributed by atoms with Crippen molar-refractivity contribution in [3.63, 3.8) is 0 Å². The summed E-state index contributed by atoms with van der Waals surface area (Å²) in [6.07, 6.45) is 8.14. The highest BCUT2D eigenvalue weighted by Crippen LogP contribution is 2.57. The van der Waals surface area contributed by atoms with Gasteiger partial charge in [-0.05, 0) is 75.5 Å². The molecular weight excluding hydrogens is 434 g/mol. The molecule has 6 rings (SSSR count). The Bertz CT molecular complexity index is 843. The van der Waals surface area contributed by atoms with E-state index >= 15 is 0 Å². The second-order valence-corrected chi connectivity index (χ2v) is 10.9. The summed E-state index contributed by atoms with van der Waals surface area (Å²) in [5.74, 6) is 2.73. The Balaban J connectivity index is 1.22. The first-order chi connectivity index (χ1) is 13.5. The fourth-order valence-electron chi connectivity index (χ4n) is 6.16. The monoisotopic (exact) mass is 459 g/mol. The lowest BCUT2D eigenvalue weighted by molar-refractivity contribution is -0.123. The van der Waals surface area contributed by atoms with Crippen LogP contribution in [0.2, 0.25) is 0 Å². The molecule has 4 nitrogen and oxygen atoms in total. The summed E-state index contributed by atoms with van der Waals surface area (Å²) in [5.41, 5.74) is 2.23. The second-order valence-electron chi connectivity index (χ2n) is 9.09. The van der Waals surface area contributed by atoms with Gasteiger partial charge in [0.1, 0.15) is 0 Å². The molecule has 4 fully saturated rings. The average molecular weight is 460 g/mol. The first-order valence-electron chi connectivity index (χ1n) is 10.2. The van der Waals surface area contributed by atoms with Gasteiger partial charge >= 0.3 is 0 Å². The number of benzene rings is 1. The number of anilines is 1. The van der Waals surface area contributed by atoms with Crippen LogP contribution in [-0.4, -0.2) is 34.9 Å². The fraction of sp³-hybridized carbons (Fsp3) is 0.545. The first-order valence-corrected chi connectivity index (χ1v) is 11.9. The van der Waals surface area contributed by atoms with E-state index in [0.29, 0.717) is 11.7 Å². The summed E-state index contributed by atoms with van der Waals surface area (Å²) < 4.78 is 1.05. The van der Waals surface area contributed by atoms with Gasteiger partial charge in [-0.1, -0.05) is 28.1 Å². The third-order valence-electron chi connectivity index (χ3n) is 7.09. The van der Waals surface area contributed by atoms with Crippen molar-refractivity contribution in [1.82, 2.24) is 9.88 Å². The highest BCUT2D eigenvalue weighted by Gasteiger charge is 2.52. The molecule has 0 atom stereocenters. The lowest BCUT2D eigenvalue weighted by Gasteiger charge is -2.59. The van der Waals surface area contributed by atoms with E-state index in [4.69, 9.17) is 0 Å². The van der Waals surface area contributed by atoms with E-state index < -0.39 is 0 Å². The second kappa shape index (κ2) is 7.22. The molecule has 0 aliphatic heterocycles. The van der Waals surface area contributed by atoms with Crippen molar-refractivity contribution in [2.45, 2.75) is 44.1 Å². The molecule has 148 valence electrons. The summed E-state index contributed by atoms with van der Waals surface area (Å²) in [7, 11) is 2.15. The number of likely N-dealkylation sites (N-methyl/N-ethyl adjacent to an activating group) is 1. The number of hydrogen-bond acceptors (Lipinski definition) is 4. The van der Waals surface area contributed by atoms with Gasteiger partial charge in [0, 0.05) is 21.0 Å². The quantitative estimate of drug-likeness (QED) is 0.649. The minimum Gasteiger partial charge on any atom is -0.301 e. The lowest BCUT2D eigenvalue weighted by atomic mass is 9.52. The summed E-state index contributed by atoms with van der Waals surface area (Å²) in [4.78, 5) is 19.7. The molecule has 2 aromatic rings. The molecular formula is C22H26BrN3OS. The zero-order valence-electron chi connectivity index (χ0n) is 16.2. The average Bonchev–Trinajstić information content (AvgIpc) is 3.09. The molecule has 6 heteroatoms. The number of thiazole rings is 1. The van der Waals surface area contributed by atoms with Gasteiger partial charge in [0.2, 0.25) is 5.91 Å². The number of aromatic nitrogens is 1. The van der Waals surface area contributed by atoms with Gasteiger partial charge in [0.25, 0.3) is 0 Å². The first kappa shape index (κ1) is 18.8. The molecule has 0 saturated heterocycles.